The van der Waals surface area contributed by atoms with Crippen molar-refractivity contribution in [2.45, 2.75) is 84.0 Å². The Morgan fingerprint density at radius 1 is 0.700 bits per heavy atom. The van der Waals surface area contributed by atoms with Crippen LogP contribution in [0.1, 0.15) is 82.2 Å². The molecule has 3 heterocycles. The average molecular weight is 875 g/mol. The van der Waals surface area contributed by atoms with E-state index in [4.69, 9.17) is 4.42 Å². The highest BCUT2D eigenvalue weighted by atomic mass is 79.9. The summed E-state index contributed by atoms with van der Waals surface area (Å²) in [6, 6.07) is 31.1. The summed E-state index contributed by atoms with van der Waals surface area (Å²) >= 11 is 3.77. The second-order valence-electron chi connectivity index (χ2n) is 15.7. The summed E-state index contributed by atoms with van der Waals surface area (Å²) in [5.74, 6) is 0.422. The monoisotopic (exact) mass is 873 g/mol. The number of carbonyl (C=O) groups excluding carboxylic acids is 4. The molecule has 2 aliphatic rings. The third-order valence-electron chi connectivity index (χ3n) is 12.3. The molecule has 2 aliphatic heterocycles. The van der Waals surface area contributed by atoms with E-state index in [1.54, 1.807) is 4.90 Å². The van der Waals surface area contributed by atoms with Crippen LogP contribution in [0.5, 0.6) is 0 Å². The Morgan fingerprint density at radius 3 is 1.75 bits per heavy atom. The number of hydrogen-bond donors (Lipinski definition) is 1. The fourth-order valence-corrected chi connectivity index (χ4v) is 9.73. The van der Waals surface area contributed by atoms with Gasteiger partial charge in [-0.3, -0.25) is 29.0 Å². The lowest BCUT2D eigenvalue weighted by atomic mass is 9.99. The lowest BCUT2D eigenvalue weighted by molar-refractivity contribution is -0.142. The Hall–Kier alpha value is -5.10. The second kappa shape index (κ2) is 19.5. The van der Waals surface area contributed by atoms with Crippen LogP contribution in [-0.2, 0) is 25.6 Å². The van der Waals surface area contributed by atoms with Gasteiger partial charge in [-0.25, -0.2) is 0 Å². The smallest absolute Gasteiger partial charge is 0.247 e. The minimum atomic E-state index is -0.555. The largest absolute Gasteiger partial charge is 0.455 e. The fourth-order valence-electron chi connectivity index (χ4n) is 9.11. The number of fused-ring (bicyclic) bond motifs is 1. The number of anilines is 1. The SMILES string of the molecule is CCN(CC)[C@@H](C(=O)N1CCC[C@H]1C(=O)Cc1ccc2oc(-c3ccc(NC(=O)[C@@H]4CCCN4C(=O)[C@@H](c4ccccc4)N(CC)CC)cc3)c(Br)c2c1)c1ccccc1. The first-order valence-electron chi connectivity index (χ1n) is 21.5. The topological polar surface area (TPSA) is 106 Å². The van der Waals surface area contributed by atoms with Crippen molar-refractivity contribution in [2.24, 2.45) is 0 Å². The van der Waals surface area contributed by atoms with Gasteiger partial charge in [0.2, 0.25) is 17.7 Å². The highest BCUT2D eigenvalue weighted by Crippen LogP contribution is 2.39. The third kappa shape index (κ3) is 8.99. The molecular weight excluding hydrogens is 818 g/mol. The first-order chi connectivity index (χ1) is 29.2. The van der Waals surface area contributed by atoms with Crippen LogP contribution in [0.2, 0.25) is 0 Å². The van der Waals surface area contributed by atoms with Gasteiger partial charge in [-0.2, -0.15) is 0 Å². The van der Waals surface area contributed by atoms with Crippen LogP contribution in [0.4, 0.5) is 5.69 Å². The van der Waals surface area contributed by atoms with Gasteiger partial charge < -0.3 is 19.5 Å². The van der Waals surface area contributed by atoms with Crippen LogP contribution in [0.3, 0.4) is 0 Å². The van der Waals surface area contributed by atoms with Crippen LogP contribution in [0.15, 0.2) is 112 Å². The van der Waals surface area contributed by atoms with Crippen molar-refractivity contribution in [2.75, 3.05) is 44.6 Å². The van der Waals surface area contributed by atoms with Crippen LogP contribution >= 0.6 is 15.9 Å². The standard InChI is InChI=1S/C49H56BrN5O5/c1-5-52(6-2)44(34-17-11-9-12-18-34)48(58)54-29-15-21-39(54)41(56)32-33-23-28-42-38(31-33)43(50)46(60-42)36-24-26-37(27-25-36)51-47(57)40-22-16-30-55(40)49(59)45(53(7-3)8-4)35-19-13-10-14-20-35/h9-14,17-20,23-28,31,39-40,44-45H,5-8,15-16,21-22,29-30,32H2,1-4H3,(H,51,57)/t39-,40-,44+,45+/m0/s1. The molecule has 1 aromatic heterocycles. The Morgan fingerprint density at radius 2 is 1.22 bits per heavy atom. The summed E-state index contributed by atoms with van der Waals surface area (Å²) < 4.78 is 7.09. The fraction of sp³-hybridized carbons (Fsp3) is 0.388. The molecular formula is C49H56BrN5O5. The molecule has 1 N–H and O–H groups in total. The number of Topliss-reactive ketones (excluding diaryl/α,β-unsaturated/α-hetero) is 1. The quantitative estimate of drug-likeness (QED) is 0.106. The number of benzene rings is 4. The minimum Gasteiger partial charge on any atom is -0.455 e. The lowest BCUT2D eigenvalue weighted by Crippen LogP contribution is -2.48. The van der Waals surface area contributed by atoms with Crippen LogP contribution < -0.4 is 5.32 Å². The van der Waals surface area contributed by atoms with Gasteiger partial charge >= 0.3 is 0 Å². The maximum atomic E-state index is 14.2. The first kappa shape index (κ1) is 43.0. The van der Waals surface area contributed by atoms with E-state index in [-0.39, 0.29) is 29.9 Å². The number of nitrogens with one attached hydrogen (secondary N) is 1. The van der Waals surface area contributed by atoms with E-state index in [1.807, 2.05) is 108 Å². The van der Waals surface area contributed by atoms with E-state index in [9.17, 15) is 19.2 Å². The molecule has 4 atom stereocenters. The molecule has 2 fully saturated rings. The molecule has 0 unspecified atom stereocenters. The molecule has 11 heteroatoms. The Balaban J connectivity index is 1.02. The molecule has 0 radical (unpaired) electrons. The maximum absolute atomic E-state index is 14.2. The van der Waals surface area contributed by atoms with Gasteiger partial charge in [-0.1, -0.05) is 94.4 Å². The van der Waals surface area contributed by atoms with Crippen molar-refractivity contribution >= 4 is 56.1 Å². The van der Waals surface area contributed by atoms with Gasteiger partial charge in [0.05, 0.1) is 10.5 Å². The Labute approximate surface area is 362 Å². The van der Waals surface area contributed by atoms with Crippen molar-refractivity contribution in [1.29, 1.82) is 0 Å². The molecule has 0 aliphatic carbocycles. The number of furan rings is 1. The number of halogens is 1. The van der Waals surface area contributed by atoms with E-state index in [2.05, 4.69) is 58.7 Å². The molecule has 3 amide bonds. The molecule has 314 valence electrons. The molecule has 10 nitrogen and oxygen atoms in total. The van der Waals surface area contributed by atoms with Gasteiger partial charge in [-0.15, -0.1) is 0 Å². The molecule has 2 saturated heterocycles. The summed E-state index contributed by atoms with van der Waals surface area (Å²) in [4.78, 5) is 63.8. The lowest BCUT2D eigenvalue weighted by Gasteiger charge is -2.34. The molecule has 0 bridgehead atoms. The number of rotatable bonds is 16. The van der Waals surface area contributed by atoms with Crippen molar-refractivity contribution in [3.8, 4) is 11.3 Å². The van der Waals surface area contributed by atoms with E-state index in [0.717, 1.165) is 71.1 Å². The highest BCUT2D eigenvalue weighted by Gasteiger charge is 2.40. The molecule has 4 aromatic carbocycles. The zero-order valence-electron chi connectivity index (χ0n) is 35.1. The minimum absolute atomic E-state index is 0.0116. The number of hydrogen-bond acceptors (Lipinski definition) is 7. The summed E-state index contributed by atoms with van der Waals surface area (Å²) in [6.07, 6.45) is 3.04. The Kier molecular flexibility index (Phi) is 14.0. The van der Waals surface area contributed by atoms with E-state index >= 15 is 0 Å². The predicted octanol–water partition coefficient (Wildman–Crippen LogP) is 9.06. The zero-order valence-corrected chi connectivity index (χ0v) is 36.7. The number of likely N-dealkylation sites (N-methyl/N-ethyl adjacent to an activating group) is 2. The number of likely N-dealkylation sites (tertiary alicyclic amines) is 2. The van der Waals surface area contributed by atoms with Gasteiger partial charge in [0.1, 0.15) is 29.5 Å². The molecule has 7 rings (SSSR count). The summed E-state index contributed by atoms with van der Waals surface area (Å²) in [6.45, 7) is 12.3. The van der Waals surface area contributed by atoms with Crippen LogP contribution in [0.25, 0.3) is 22.3 Å². The first-order valence-corrected chi connectivity index (χ1v) is 22.3. The van der Waals surface area contributed by atoms with Gasteiger partial charge in [-0.05, 0) is 121 Å². The second-order valence-corrected chi connectivity index (χ2v) is 16.5. The molecule has 5 aromatic rings. The van der Waals surface area contributed by atoms with Crippen molar-refractivity contribution in [1.82, 2.24) is 19.6 Å². The van der Waals surface area contributed by atoms with Crippen molar-refractivity contribution in [3.63, 3.8) is 0 Å². The van der Waals surface area contributed by atoms with E-state index in [1.165, 1.54) is 0 Å². The maximum Gasteiger partial charge on any atom is 0.247 e. The third-order valence-corrected chi connectivity index (χ3v) is 13.1. The molecule has 60 heavy (non-hydrogen) atoms. The number of amides is 3. The molecule has 0 spiro atoms. The van der Waals surface area contributed by atoms with Gasteiger partial charge in [0, 0.05) is 36.1 Å². The average Bonchev–Trinajstić information content (AvgIpc) is 4.05. The summed E-state index contributed by atoms with van der Waals surface area (Å²) in [5, 5.41) is 3.91. The Bertz CT molecular complexity index is 2270. The van der Waals surface area contributed by atoms with E-state index < -0.39 is 24.2 Å². The summed E-state index contributed by atoms with van der Waals surface area (Å²) in [7, 11) is 0. The highest BCUT2D eigenvalue weighted by molar-refractivity contribution is 9.10. The van der Waals surface area contributed by atoms with Crippen molar-refractivity contribution in [3.05, 3.63) is 124 Å². The van der Waals surface area contributed by atoms with Gasteiger partial charge in [0.25, 0.3) is 0 Å². The predicted molar refractivity (Wildman–Crippen MR) is 240 cm³/mol. The van der Waals surface area contributed by atoms with Crippen molar-refractivity contribution < 1.29 is 23.6 Å². The molecule has 0 saturated carbocycles. The van der Waals surface area contributed by atoms with Crippen LogP contribution in [-0.4, -0.2) is 94.5 Å². The van der Waals surface area contributed by atoms with E-state index in [0.29, 0.717) is 43.0 Å². The summed E-state index contributed by atoms with van der Waals surface area (Å²) in [5.41, 5.74) is 4.86. The number of nitrogens with zero attached hydrogens (tertiary/aromatic N) is 4. The van der Waals surface area contributed by atoms with Crippen LogP contribution in [0, 0.1) is 0 Å². The number of ketones is 1. The normalized spacial score (nSPS) is 17.7. The zero-order chi connectivity index (χ0) is 42.3. The van der Waals surface area contributed by atoms with Gasteiger partial charge in [0.15, 0.2) is 5.78 Å². The number of carbonyl (C=O) groups is 4.